The first-order valence-corrected chi connectivity index (χ1v) is 11.3. The molecule has 4 nitrogen and oxygen atoms in total. The molecular weight excluding hydrogens is 415 g/mol. The molecule has 0 radical (unpaired) electrons. The fourth-order valence-corrected chi connectivity index (χ4v) is 3.55. The maximum absolute atomic E-state index is 12.2. The van der Waals surface area contributed by atoms with Crippen molar-refractivity contribution in [2.75, 3.05) is 11.5 Å². The van der Waals surface area contributed by atoms with Crippen LogP contribution in [0.2, 0.25) is 0 Å². The Balaban J connectivity index is 4.22. The van der Waals surface area contributed by atoms with Crippen LogP contribution >= 0.6 is 11.8 Å². The maximum atomic E-state index is 12.2. The highest BCUT2D eigenvalue weighted by Gasteiger charge is 2.29. The minimum absolute atomic E-state index is 0.158. The molecule has 0 aliphatic rings. The number of carbonyl (C=O) groups is 1. The third kappa shape index (κ3) is 17.6. The van der Waals surface area contributed by atoms with E-state index in [1.807, 2.05) is 13.0 Å². The van der Waals surface area contributed by atoms with E-state index in [-0.39, 0.29) is 5.75 Å². The molecule has 1 unspecified atom stereocenters. The Morgan fingerprint density at radius 1 is 1.03 bits per heavy atom. The zero-order valence-electron chi connectivity index (χ0n) is 18.4. The molecule has 0 amide bonds. The van der Waals surface area contributed by atoms with Crippen LogP contribution in [0.15, 0.2) is 34.9 Å². The topological polar surface area (TPSA) is 69.6 Å². The van der Waals surface area contributed by atoms with Gasteiger partial charge in [0.15, 0.2) is 0 Å². The fraction of sp³-hybridized carbons (Fsp3) is 0.682. The van der Waals surface area contributed by atoms with Crippen LogP contribution in [0.5, 0.6) is 0 Å². The van der Waals surface area contributed by atoms with Crippen LogP contribution < -0.4 is 5.32 Å². The molecule has 0 heterocycles. The molecule has 0 aromatic carbocycles. The number of hydrogen-bond acceptors (Lipinski definition) is 4. The number of aliphatic carboxylic acids is 1. The Morgan fingerprint density at radius 3 is 2.13 bits per heavy atom. The van der Waals surface area contributed by atoms with Gasteiger partial charge in [0.2, 0.25) is 0 Å². The molecule has 174 valence electrons. The average Bonchev–Trinajstić information content (AvgIpc) is 2.61. The van der Waals surface area contributed by atoms with Gasteiger partial charge in [0, 0.05) is 17.9 Å². The number of hydrogen-bond donors (Lipinski definition) is 3. The lowest BCUT2D eigenvalue weighted by molar-refractivity contribution is -0.143. The number of rotatable bonds is 15. The summed E-state index contributed by atoms with van der Waals surface area (Å²) in [6.45, 7) is 8.35. The summed E-state index contributed by atoms with van der Waals surface area (Å²) in [5, 5.41) is 21.1. The second-order valence-corrected chi connectivity index (χ2v) is 8.80. The van der Waals surface area contributed by atoms with Gasteiger partial charge in [0.25, 0.3) is 0 Å². The molecule has 0 saturated carbocycles. The monoisotopic (exact) mass is 451 g/mol. The van der Waals surface area contributed by atoms with E-state index in [0.717, 1.165) is 25.7 Å². The third-order valence-corrected chi connectivity index (χ3v) is 5.32. The summed E-state index contributed by atoms with van der Waals surface area (Å²) in [5.74, 6) is -0.423. The van der Waals surface area contributed by atoms with Gasteiger partial charge < -0.3 is 10.2 Å². The van der Waals surface area contributed by atoms with Crippen molar-refractivity contribution >= 4 is 17.7 Å². The molecular formula is C22H36F3NO3S. The standard InChI is InChI=1S/C22H36F3NO3S/c1-16(2)7-5-8-17(3)9-6-10-18(4)12-14-30-15-19(21(28)29)26-20(27)11-13-22(23,24)25/h7,9,12,19-20,26-27H,5-6,8,10-11,13-15H2,1-4H3,(H,28,29)/b17-9+,18-12+/t19-,20?/m0/s1. The number of nitrogens with one attached hydrogen (secondary N) is 1. The summed E-state index contributed by atoms with van der Waals surface area (Å²) in [6.07, 6.45) is 2.90. The summed E-state index contributed by atoms with van der Waals surface area (Å²) in [7, 11) is 0. The van der Waals surface area contributed by atoms with Gasteiger partial charge in [-0.15, -0.1) is 0 Å². The minimum atomic E-state index is -4.38. The van der Waals surface area contributed by atoms with E-state index in [1.54, 1.807) is 0 Å². The van der Waals surface area contributed by atoms with Crippen LogP contribution in [0, 0.1) is 0 Å². The Hall–Kier alpha value is -1.25. The summed E-state index contributed by atoms with van der Waals surface area (Å²) in [5.41, 5.74) is 3.91. The van der Waals surface area contributed by atoms with Gasteiger partial charge in [-0.1, -0.05) is 34.9 Å². The van der Waals surface area contributed by atoms with Gasteiger partial charge in [-0.25, -0.2) is 0 Å². The van der Waals surface area contributed by atoms with Crippen LogP contribution in [0.4, 0.5) is 13.2 Å². The molecule has 0 saturated heterocycles. The number of alkyl halides is 3. The van der Waals surface area contributed by atoms with Crippen molar-refractivity contribution in [2.24, 2.45) is 0 Å². The number of allylic oxidation sites excluding steroid dienone is 5. The van der Waals surface area contributed by atoms with Crippen molar-refractivity contribution in [3.8, 4) is 0 Å². The van der Waals surface area contributed by atoms with E-state index in [9.17, 15) is 28.2 Å². The van der Waals surface area contributed by atoms with Crippen molar-refractivity contribution < 1.29 is 28.2 Å². The molecule has 0 aromatic rings. The van der Waals surface area contributed by atoms with Gasteiger partial charge in [-0.2, -0.15) is 24.9 Å². The molecule has 0 rings (SSSR count). The molecule has 3 N–H and O–H groups in total. The second-order valence-electron chi connectivity index (χ2n) is 7.72. The van der Waals surface area contributed by atoms with Crippen LogP contribution in [-0.4, -0.2) is 46.1 Å². The van der Waals surface area contributed by atoms with Crippen molar-refractivity contribution in [1.82, 2.24) is 5.32 Å². The number of carboxylic acids is 1. The van der Waals surface area contributed by atoms with E-state index in [4.69, 9.17) is 0 Å². The Morgan fingerprint density at radius 2 is 1.60 bits per heavy atom. The Kier molecular flexibility index (Phi) is 14.9. The number of aliphatic hydroxyl groups excluding tert-OH is 1. The van der Waals surface area contributed by atoms with Crippen molar-refractivity contribution in [3.05, 3.63) is 34.9 Å². The lowest BCUT2D eigenvalue weighted by atomic mass is 10.1. The second kappa shape index (κ2) is 15.5. The van der Waals surface area contributed by atoms with Crippen molar-refractivity contribution in [2.45, 2.75) is 84.7 Å². The molecule has 0 bridgehead atoms. The van der Waals surface area contributed by atoms with Crippen LogP contribution in [0.1, 0.15) is 66.2 Å². The highest BCUT2D eigenvalue weighted by Crippen LogP contribution is 2.22. The van der Waals surface area contributed by atoms with Crippen LogP contribution in [0.3, 0.4) is 0 Å². The van der Waals surface area contributed by atoms with Crippen molar-refractivity contribution in [1.29, 1.82) is 0 Å². The first-order valence-electron chi connectivity index (χ1n) is 10.2. The van der Waals surface area contributed by atoms with E-state index in [0.29, 0.717) is 5.75 Å². The predicted molar refractivity (Wildman–Crippen MR) is 119 cm³/mol. The third-order valence-electron chi connectivity index (χ3n) is 4.35. The lowest BCUT2D eigenvalue weighted by Gasteiger charge is -2.19. The zero-order chi connectivity index (χ0) is 23.2. The Bertz CT molecular complexity index is 597. The molecule has 0 spiro atoms. The van der Waals surface area contributed by atoms with Gasteiger partial charge in [-0.3, -0.25) is 10.1 Å². The number of aliphatic hydroxyl groups is 1. The minimum Gasteiger partial charge on any atom is -0.480 e. The van der Waals surface area contributed by atoms with E-state index < -0.39 is 37.3 Å². The van der Waals surface area contributed by atoms with E-state index >= 15 is 0 Å². The molecule has 30 heavy (non-hydrogen) atoms. The smallest absolute Gasteiger partial charge is 0.389 e. The summed E-state index contributed by atoms with van der Waals surface area (Å²) < 4.78 is 36.5. The first-order chi connectivity index (χ1) is 13.9. The fourth-order valence-electron chi connectivity index (χ4n) is 2.53. The quantitative estimate of drug-likeness (QED) is 0.166. The molecule has 0 fully saturated rings. The van der Waals surface area contributed by atoms with Gasteiger partial charge >= 0.3 is 12.1 Å². The normalized spacial score (nSPS) is 15.1. The molecule has 0 aliphatic carbocycles. The van der Waals surface area contributed by atoms with Gasteiger partial charge in [0.05, 0.1) is 0 Å². The van der Waals surface area contributed by atoms with Gasteiger partial charge in [0.1, 0.15) is 12.3 Å². The number of thioether (sulfide) groups is 1. The summed E-state index contributed by atoms with van der Waals surface area (Å²) in [6, 6.07) is -1.10. The van der Waals surface area contributed by atoms with Crippen LogP contribution in [0.25, 0.3) is 0 Å². The Labute approximate surface area is 182 Å². The predicted octanol–water partition coefficient (Wildman–Crippen LogP) is 5.84. The average molecular weight is 452 g/mol. The van der Waals surface area contributed by atoms with Gasteiger partial charge in [-0.05, 0) is 59.8 Å². The molecule has 2 atom stereocenters. The molecule has 0 aliphatic heterocycles. The highest BCUT2D eigenvalue weighted by molar-refractivity contribution is 7.99. The maximum Gasteiger partial charge on any atom is 0.389 e. The molecule has 8 heteroatoms. The zero-order valence-corrected chi connectivity index (χ0v) is 19.2. The van der Waals surface area contributed by atoms with Crippen molar-refractivity contribution in [3.63, 3.8) is 0 Å². The summed E-state index contributed by atoms with van der Waals surface area (Å²) >= 11 is 1.36. The first kappa shape index (κ1) is 28.8. The summed E-state index contributed by atoms with van der Waals surface area (Å²) in [4.78, 5) is 11.2. The number of halogens is 3. The van der Waals surface area contributed by atoms with Crippen LogP contribution in [-0.2, 0) is 4.79 Å². The van der Waals surface area contributed by atoms with E-state index in [2.05, 4.69) is 38.2 Å². The molecule has 0 aromatic heterocycles. The highest BCUT2D eigenvalue weighted by atomic mass is 32.2. The largest absolute Gasteiger partial charge is 0.480 e. The number of carboxylic acid groups (broad SMARTS) is 1. The SMILES string of the molecule is CC(C)=CCC/C(C)=C/CC/C(C)=C/CSC[C@H](NC(O)CCC(F)(F)F)C(=O)O. The van der Waals surface area contributed by atoms with E-state index in [1.165, 1.54) is 28.5 Å². The lowest BCUT2D eigenvalue weighted by Crippen LogP contribution is -2.45.